The molecule has 2 aliphatic rings. The van der Waals surface area contributed by atoms with E-state index >= 15 is 0 Å². The highest BCUT2D eigenvalue weighted by Crippen LogP contribution is 2.48. The predicted molar refractivity (Wildman–Crippen MR) is 77.2 cm³/mol. The molecule has 2 heterocycles. The quantitative estimate of drug-likeness (QED) is 0.785. The van der Waals surface area contributed by atoms with Gasteiger partial charge in [0.25, 0.3) is 0 Å². The van der Waals surface area contributed by atoms with Crippen LogP contribution in [0.4, 0.5) is 14.5 Å². The van der Waals surface area contributed by atoms with Crippen molar-refractivity contribution in [1.29, 1.82) is 0 Å². The average molecular weight is 280 g/mol. The minimum atomic E-state index is -0.746. The SMILES string of the molecule is CC(C)(C)N1CC2(CCNCC2)c2cc(F)c(F)cc21. The van der Waals surface area contributed by atoms with Gasteiger partial charge in [-0.15, -0.1) is 0 Å². The van der Waals surface area contributed by atoms with Crippen molar-refractivity contribution in [3.05, 3.63) is 29.3 Å². The summed E-state index contributed by atoms with van der Waals surface area (Å²) in [5.74, 6) is -1.47. The highest BCUT2D eigenvalue weighted by atomic mass is 19.2. The molecule has 0 radical (unpaired) electrons. The van der Waals surface area contributed by atoms with E-state index < -0.39 is 11.6 Å². The maximum absolute atomic E-state index is 13.7. The molecular weight excluding hydrogens is 258 g/mol. The molecule has 0 saturated carbocycles. The van der Waals surface area contributed by atoms with Crippen molar-refractivity contribution < 1.29 is 8.78 Å². The lowest BCUT2D eigenvalue weighted by Crippen LogP contribution is -2.47. The van der Waals surface area contributed by atoms with E-state index in [9.17, 15) is 8.78 Å². The number of nitrogens with zero attached hydrogens (tertiary/aromatic N) is 1. The molecule has 1 fully saturated rings. The number of halogens is 2. The Labute approximate surface area is 119 Å². The largest absolute Gasteiger partial charge is 0.365 e. The number of fused-ring (bicyclic) bond motifs is 2. The summed E-state index contributed by atoms with van der Waals surface area (Å²) in [6, 6.07) is 2.81. The number of piperidine rings is 1. The Morgan fingerprint density at radius 1 is 1.10 bits per heavy atom. The normalized spacial score (nSPS) is 21.4. The first-order chi connectivity index (χ1) is 9.33. The summed E-state index contributed by atoms with van der Waals surface area (Å²) in [5, 5.41) is 3.36. The summed E-state index contributed by atoms with van der Waals surface area (Å²) in [5.41, 5.74) is 1.75. The predicted octanol–water partition coefficient (Wildman–Crippen LogP) is 3.20. The molecule has 0 amide bonds. The zero-order valence-electron chi connectivity index (χ0n) is 12.4. The first-order valence-corrected chi connectivity index (χ1v) is 7.31. The molecule has 2 aliphatic heterocycles. The molecule has 3 rings (SSSR count). The van der Waals surface area contributed by atoms with Crippen molar-refractivity contribution in [2.45, 2.75) is 44.6 Å². The van der Waals surface area contributed by atoms with Crippen LogP contribution in [0.1, 0.15) is 39.2 Å². The lowest BCUT2D eigenvalue weighted by molar-refractivity contribution is 0.312. The van der Waals surface area contributed by atoms with Crippen LogP contribution in [0.25, 0.3) is 0 Å². The molecule has 1 saturated heterocycles. The smallest absolute Gasteiger partial charge is 0.160 e. The molecule has 0 aromatic heterocycles. The standard InChI is InChI=1S/C16H22F2N2/c1-15(2,3)20-10-16(4-6-19-7-5-16)11-8-12(17)13(18)9-14(11)20/h8-9,19H,4-7,10H2,1-3H3. The molecule has 0 bridgehead atoms. The van der Waals surface area contributed by atoms with E-state index in [2.05, 4.69) is 31.0 Å². The molecular formula is C16H22F2N2. The Morgan fingerprint density at radius 3 is 2.30 bits per heavy atom. The molecule has 4 heteroatoms. The third-order valence-corrected chi connectivity index (χ3v) is 4.73. The minimum absolute atomic E-state index is 0.0254. The van der Waals surface area contributed by atoms with Crippen LogP contribution in [0.3, 0.4) is 0 Å². The Kier molecular flexibility index (Phi) is 3.05. The van der Waals surface area contributed by atoms with Crippen molar-refractivity contribution in [2.75, 3.05) is 24.5 Å². The molecule has 1 aromatic rings. The fourth-order valence-corrected chi connectivity index (χ4v) is 3.59. The van der Waals surface area contributed by atoms with Gasteiger partial charge in [-0.2, -0.15) is 0 Å². The minimum Gasteiger partial charge on any atom is -0.365 e. The number of rotatable bonds is 0. The van der Waals surface area contributed by atoms with Crippen LogP contribution >= 0.6 is 0 Å². The van der Waals surface area contributed by atoms with Crippen LogP contribution in [0.15, 0.2) is 12.1 Å². The topological polar surface area (TPSA) is 15.3 Å². The van der Waals surface area contributed by atoms with E-state index in [1.165, 1.54) is 12.1 Å². The second kappa shape index (κ2) is 4.42. The first kappa shape index (κ1) is 13.8. The molecule has 0 atom stereocenters. The number of nitrogens with one attached hydrogen (secondary N) is 1. The van der Waals surface area contributed by atoms with E-state index in [0.29, 0.717) is 0 Å². The lowest BCUT2D eigenvalue weighted by Gasteiger charge is -2.39. The maximum atomic E-state index is 13.7. The number of hydrogen-bond acceptors (Lipinski definition) is 2. The second-order valence-corrected chi connectivity index (χ2v) is 7.07. The van der Waals surface area contributed by atoms with Gasteiger partial charge in [0.2, 0.25) is 0 Å². The summed E-state index contributed by atoms with van der Waals surface area (Å²) in [6.07, 6.45) is 1.97. The highest BCUT2D eigenvalue weighted by Gasteiger charge is 2.46. The van der Waals surface area contributed by atoms with Gasteiger partial charge in [-0.1, -0.05) is 0 Å². The van der Waals surface area contributed by atoms with Crippen LogP contribution in [0.5, 0.6) is 0 Å². The van der Waals surface area contributed by atoms with Gasteiger partial charge in [-0.25, -0.2) is 8.78 Å². The molecule has 1 spiro atoms. The fraction of sp³-hybridized carbons (Fsp3) is 0.625. The first-order valence-electron chi connectivity index (χ1n) is 7.31. The molecule has 110 valence electrons. The van der Waals surface area contributed by atoms with E-state index in [1.807, 2.05) is 0 Å². The Morgan fingerprint density at radius 2 is 1.70 bits per heavy atom. The molecule has 0 aliphatic carbocycles. The zero-order valence-corrected chi connectivity index (χ0v) is 12.4. The summed E-state index contributed by atoms with van der Waals surface area (Å²) >= 11 is 0. The van der Waals surface area contributed by atoms with Crippen LogP contribution in [0.2, 0.25) is 0 Å². The summed E-state index contributed by atoms with van der Waals surface area (Å²) in [6.45, 7) is 9.11. The average Bonchev–Trinajstić information content (AvgIpc) is 2.66. The Bertz CT molecular complexity index is 528. The van der Waals surface area contributed by atoms with E-state index in [0.717, 1.165) is 43.7 Å². The molecule has 1 N–H and O–H groups in total. The summed E-state index contributed by atoms with van der Waals surface area (Å²) < 4.78 is 27.4. The van der Waals surface area contributed by atoms with E-state index in [4.69, 9.17) is 0 Å². The van der Waals surface area contributed by atoms with Gasteiger partial charge in [0.05, 0.1) is 0 Å². The summed E-state index contributed by atoms with van der Waals surface area (Å²) in [4.78, 5) is 2.23. The molecule has 0 unspecified atom stereocenters. The van der Waals surface area contributed by atoms with Gasteiger partial charge >= 0.3 is 0 Å². The van der Waals surface area contributed by atoms with Crippen molar-refractivity contribution in [2.24, 2.45) is 0 Å². The van der Waals surface area contributed by atoms with Gasteiger partial charge in [0, 0.05) is 29.3 Å². The second-order valence-electron chi connectivity index (χ2n) is 7.07. The lowest BCUT2D eigenvalue weighted by atomic mass is 9.74. The van der Waals surface area contributed by atoms with Crippen molar-refractivity contribution in [1.82, 2.24) is 5.32 Å². The zero-order chi connectivity index (χ0) is 14.5. The Hall–Kier alpha value is -1.16. The Balaban J connectivity index is 2.14. The molecule has 20 heavy (non-hydrogen) atoms. The van der Waals surface area contributed by atoms with Gasteiger partial charge in [0.15, 0.2) is 11.6 Å². The number of anilines is 1. The monoisotopic (exact) mass is 280 g/mol. The van der Waals surface area contributed by atoms with E-state index in [1.54, 1.807) is 0 Å². The fourth-order valence-electron chi connectivity index (χ4n) is 3.59. The van der Waals surface area contributed by atoms with Gasteiger partial charge in [-0.3, -0.25) is 0 Å². The van der Waals surface area contributed by atoms with Gasteiger partial charge in [-0.05, 0) is 58.3 Å². The highest BCUT2D eigenvalue weighted by molar-refractivity contribution is 5.64. The van der Waals surface area contributed by atoms with Crippen LogP contribution < -0.4 is 10.2 Å². The molecule has 2 nitrogen and oxygen atoms in total. The molecule has 1 aromatic carbocycles. The van der Waals surface area contributed by atoms with Crippen molar-refractivity contribution in [3.8, 4) is 0 Å². The van der Waals surface area contributed by atoms with Gasteiger partial charge < -0.3 is 10.2 Å². The van der Waals surface area contributed by atoms with Crippen LogP contribution in [0, 0.1) is 11.6 Å². The third kappa shape index (κ3) is 2.01. The summed E-state index contributed by atoms with van der Waals surface area (Å²) in [7, 11) is 0. The van der Waals surface area contributed by atoms with Crippen LogP contribution in [-0.4, -0.2) is 25.2 Å². The van der Waals surface area contributed by atoms with Crippen LogP contribution in [-0.2, 0) is 5.41 Å². The maximum Gasteiger partial charge on any atom is 0.160 e. The number of benzene rings is 1. The van der Waals surface area contributed by atoms with Crippen molar-refractivity contribution >= 4 is 5.69 Å². The van der Waals surface area contributed by atoms with Crippen molar-refractivity contribution in [3.63, 3.8) is 0 Å². The third-order valence-electron chi connectivity index (χ3n) is 4.73. The number of hydrogen-bond donors (Lipinski definition) is 1. The van der Waals surface area contributed by atoms with E-state index in [-0.39, 0.29) is 11.0 Å². The van der Waals surface area contributed by atoms with Gasteiger partial charge in [0.1, 0.15) is 0 Å².